The van der Waals surface area contributed by atoms with E-state index in [1.165, 1.54) is 38.2 Å². The first-order valence-electron chi connectivity index (χ1n) is 7.91. The number of aliphatic imine (C=N–C) groups is 1. The normalized spacial score (nSPS) is 20.8. The predicted molar refractivity (Wildman–Crippen MR) is 83.6 cm³/mol. The van der Waals surface area contributed by atoms with Crippen LogP contribution in [0.1, 0.15) is 37.7 Å². The van der Waals surface area contributed by atoms with E-state index in [0.29, 0.717) is 17.5 Å². The van der Waals surface area contributed by atoms with E-state index < -0.39 is 0 Å². The Labute approximate surface area is 126 Å². The highest BCUT2D eigenvalue weighted by Gasteiger charge is 2.48. The summed E-state index contributed by atoms with van der Waals surface area (Å²) in [5.74, 6) is 1.52. The van der Waals surface area contributed by atoms with Crippen LogP contribution in [0.4, 0.5) is 4.39 Å². The fourth-order valence-corrected chi connectivity index (χ4v) is 3.36. The van der Waals surface area contributed by atoms with Crippen LogP contribution in [-0.4, -0.2) is 19.6 Å². The lowest BCUT2D eigenvalue weighted by Gasteiger charge is -2.43. The Balaban J connectivity index is 1.51. The van der Waals surface area contributed by atoms with Crippen molar-refractivity contribution in [3.05, 3.63) is 35.6 Å². The monoisotopic (exact) mass is 289 g/mol. The average Bonchev–Trinajstić information content (AvgIpc) is 3.27. The Morgan fingerprint density at radius 2 is 2.05 bits per heavy atom. The van der Waals surface area contributed by atoms with Gasteiger partial charge in [0.1, 0.15) is 5.82 Å². The third-order valence-corrected chi connectivity index (χ3v) is 5.03. The van der Waals surface area contributed by atoms with Crippen LogP contribution in [-0.2, 0) is 6.54 Å². The molecule has 1 aromatic rings. The molecular formula is C17H24FN3. The molecule has 0 atom stereocenters. The molecule has 0 heterocycles. The number of benzene rings is 1. The van der Waals surface area contributed by atoms with Crippen LogP contribution in [0, 0.1) is 17.2 Å². The zero-order valence-electron chi connectivity index (χ0n) is 12.7. The molecule has 0 aromatic heterocycles. The summed E-state index contributed by atoms with van der Waals surface area (Å²) in [5, 5.41) is 6.65. The first kappa shape index (κ1) is 14.4. The van der Waals surface area contributed by atoms with Gasteiger partial charge < -0.3 is 10.6 Å². The molecule has 2 aliphatic rings. The first-order chi connectivity index (χ1) is 10.2. The van der Waals surface area contributed by atoms with Gasteiger partial charge in [-0.2, -0.15) is 0 Å². The molecule has 1 aromatic carbocycles. The van der Waals surface area contributed by atoms with Gasteiger partial charge in [0.05, 0.1) is 0 Å². The topological polar surface area (TPSA) is 36.4 Å². The molecule has 0 aliphatic heterocycles. The van der Waals surface area contributed by atoms with Gasteiger partial charge in [-0.25, -0.2) is 4.39 Å². The van der Waals surface area contributed by atoms with Crippen LogP contribution < -0.4 is 10.6 Å². The number of hydrogen-bond acceptors (Lipinski definition) is 1. The molecule has 2 N–H and O–H groups in total. The number of halogens is 1. The molecule has 2 saturated carbocycles. The van der Waals surface area contributed by atoms with Crippen molar-refractivity contribution < 1.29 is 4.39 Å². The number of nitrogens with zero attached hydrogens (tertiary/aromatic N) is 1. The third-order valence-electron chi connectivity index (χ3n) is 5.03. The van der Waals surface area contributed by atoms with E-state index in [4.69, 9.17) is 0 Å². The molecule has 21 heavy (non-hydrogen) atoms. The molecule has 3 nitrogen and oxygen atoms in total. The van der Waals surface area contributed by atoms with E-state index in [1.54, 1.807) is 19.2 Å². The first-order valence-corrected chi connectivity index (χ1v) is 7.91. The zero-order chi connectivity index (χ0) is 14.7. The van der Waals surface area contributed by atoms with Crippen molar-refractivity contribution >= 4 is 5.96 Å². The van der Waals surface area contributed by atoms with Gasteiger partial charge >= 0.3 is 0 Å². The Kier molecular flexibility index (Phi) is 4.13. The van der Waals surface area contributed by atoms with Crippen molar-refractivity contribution in [2.45, 2.75) is 38.6 Å². The third kappa shape index (κ3) is 3.20. The molecule has 3 rings (SSSR count). The van der Waals surface area contributed by atoms with Crippen LogP contribution in [0.5, 0.6) is 0 Å². The van der Waals surface area contributed by atoms with Crippen LogP contribution in [0.2, 0.25) is 0 Å². The summed E-state index contributed by atoms with van der Waals surface area (Å²) in [6, 6.07) is 6.85. The van der Waals surface area contributed by atoms with E-state index in [1.807, 2.05) is 6.07 Å². The molecule has 0 unspecified atom stereocenters. The Morgan fingerprint density at radius 3 is 2.62 bits per heavy atom. The van der Waals surface area contributed by atoms with Gasteiger partial charge in [-0.15, -0.1) is 0 Å². The molecule has 0 amide bonds. The van der Waals surface area contributed by atoms with Gasteiger partial charge in [-0.05, 0) is 43.1 Å². The summed E-state index contributed by atoms with van der Waals surface area (Å²) in [6.45, 7) is 1.46. The van der Waals surface area contributed by atoms with Crippen molar-refractivity contribution in [1.82, 2.24) is 10.6 Å². The molecule has 0 radical (unpaired) electrons. The molecule has 0 bridgehead atoms. The summed E-state index contributed by atoms with van der Waals surface area (Å²) < 4.78 is 13.6. The quantitative estimate of drug-likeness (QED) is 0.645. The smallest absolute Gasteiger partial charge is 0.191 e. The highest BCUT2D eigenvalue weighted by Crippen LogP contribution is 2.56. The maximum Gasteiger partial charge on any atom is 0.191 e. The Morgan fingerprint density at radius 1 is 1.29 bits per heavy atom. The molecule has 2 fully saturated rings. The zero-order valence-corrected chi connectivity index (χ0v) is 12.7. The fourth-order valence-electron chi connectivity index (χ4n) is 3.36. The number of hydrogen-bond donors (Lipinski definition) is 2. The average molecular weight is 289 g/mol. The summed E-state index contributed by atoms with van der Waals surface area (Å²) in [7, 11) is 1.77. The lowest BCUT2D eigenvalue weighted by molar-refractivity contribution is 0.106. The fraction of sp³-hybridized carbons (Fsp3) is 0.588. The number of guanidine groups is 1. The summed E-state index contributed by atoms with van der Waals surface area (Å²) >= 11 is 0. The van der Waals surface area contributed by atoms with Gasteiger partial charge in [0, 0.05) is 25.7 Å². The maximum absolute atomic E-state index is 13.6. The Hall–Kier alpha value is -1.58. The predicted octanol–water partition coefficient (Wildman–Crippen LogP) is 3.07. The summed E-state index contributed by atoms with van der Waals surface area (Å²) in [5.41, 5.74) is 1.18. The number of rotatable bonds is 5. The van der Waals surface area contributed by atoms with Gasteiger partial charge in [0.2, 0.25) is 0 Å². The van der Waals surface area contributed by atoms with E-state index in [2.05, 4.69) is 15.6 Å². The van der Waals surface area contributed by atoms with E-state index >= 15 is 0 Å². The molecule has 0 spiro atoms. The minimum absolute atomic E-state index is 0.172. The van der Waals surface area contributed by atoms with Crippen molar-refractivity contribution in [2.75, 3.05) is 13.6 Å². The van der Waals surface area contributed by atoms with Gasteiger partial charge in [0.25, 0.3) is 0 Å². The molecule has 2 aliphatic carbocycles. The SMILES string of the molecule is CN=C(NCc1ccccc1F)NCC1(C2CC2)CCC1. The minimum atomic E-state index is -0.172. The van der Waals surface area contributed by atoms with Crippen molar-refractivity contribution in [1.29, 1.82) is 0 Å². The van der Waals surface area contributed by atoms with E-state index in [-0.39, 0.29) is 5.82 Å². The van der Waals surface area contributed by atoms with Gasteiger partial charge in [-0.3, -0.25) is 4.99 Å². The molecule has 114 valence electrons. The minimum Gasteiger partial charge on any atom is -0.356 e. The maximum atomic E-state index is 13.6. The largest absolute Gasteiger partial charge is 0.356 e. The highest BCUT2D eigenvalue weighted by molar-refractivity contribution is 5.79. The number of nitrogens with one attached hydrogen (secondary N) is 2. The lowest BCUT2D eigenvalue weighted by Crippen LogP contribution is -2.47. The van der Waals surface area contributed by atoms with Crippen LogP contribution in [0.25, 0.3) is 0 Å². The van der Waals surface area contributed by atoms with E-state index in [9.17, 15) is 4.39 Å². The van der Waals surface area contributed by atoms with Crippen molar-refractivity contribution in [3.8, 4) is 0 Å². The second-order valence-electron chi connectivity index (χ2n) is 6.36. The van der Waals surface area contributed by atoms with E-state index in [0.717, 1.165) is 18.4 Å². The molecule has 0 saturated heterocycles. The lowest BCUT2D eigenvalue weighted by atomic mass is 9.65. The van der Waals surface area contributed by atoms with Crippen molar-refractivity contribution in [3.63, 3.8) is 0 Å². The van der Waals surface area contributed by atoms with Crippen molar-refractivity contribution in [2.24, 2.45) is 16.3 Å². The highest BCUT2D eigenvalue weighted by atomic mass is 19.1. The van der Waals surface area contributed by atoms with Gasteiger partial charge in [0.15, 0.2) is 5.96 Å². The second kappa shape index (κ2) is 6.04. The van der Waals surface area contributed by atoms with Gasteiger partial charge in [-0.1, -0.05) is 24.6 Å². The summed E-state index contributed by atoms with van der Waals surface area (Å²) in [6.07, 6.45) is 6.83. The molecular weight excluding hydrogens is 265 g/mol. The second-order valence-corrected chi connectivity index (χ2v) is 6.36. The summed E-state index contributed by atoms with van der Waals surface area (Å²) in [4.78, 5) is 4.25. The van der Waals surface area contributed by atoms with Crippen LogP contribution in [0.15, 0.2) is 29.3 Å². The molecule has 4 heteroatoms. The van der Waals surface area contributed by atoms with Crippen LogP contribution >= 0.6 is 0 Å². The van der Waals surface area contributed by atoms with Crippen LogP contribution in [0.3, 0.4) is 0 Å². The standard InChI is InChI=1S/C17H24FN3/c1-19-16(20-11-13-5-2-3-6-15(13)18)21-12-17(9-4-10-17)14-7-8-14/h2-3,5-6,14H,4,7-12H2,1H3,(H2,19,20,21). The Bertz CT molecular complexity index is 519.